The van der Waals surface area contributed by atoms with E-state index in [0.717, 1.165) is 36.0 Å². The number of hydrogen-bond donors (Lipinski definition) is 0. The van der Waals surface area contributed by atoms with E-state index in [1.165, 1.54) is 0 Å². The van der Waals surface area contributed by atoms with Crippen LogP contribution in [0.2, 0.25) is 0 Å². The average Bonchev–Trinajstić information content (AvgIpc) is 2.61. The van der Waals surface area contributed by atoms with Gasteiger partial charge >= 0.3 is 0 Å². The Morgan fingerprint density at radius 2 is 1.83 bits per heavy atom. The minimum absolute atomic E-state index is 0.00448. The molecular weight excluding hydrogens is 312 g/mol. The second kappa shape index (κ2) is 6.96. The number of amides is 1. The van der Waals surface area contributed by atoms with Gasteiger partial charge in [0.05, 0.1) is 5.69 Å². The zero-order valence-electron chi connectivity index (χ0n) is 13.1. The number of piperazine rings is 1. The summed E-state index contributed by atoms with van der Waals surface area (Å²) in [5.74, 6) is 1.70. The smallest absolute Gasteiger partial charge is 0.237 e. The Bertz CT molecular complexity index is 684. The van der Waals surface area contributed by atoms with Crippen molar-refractivity contribution in [3.8, 4) is 11.3 Å². The molecular formula is C17H19ClN4O. The van der Waals surface area contributed by atoms with Crippen LogP contribution < -0.4 is 4.90 Å². The molecule has 2 heterocycles. The van der Waals surface area contributed by atoms with Crippen molar-refractivity contribution < 1.29 is 4.79 Å². The third-order valence-electron chi connectivity index (χ3n) is 3.96. The number of aryl methyl sites for hydroxylation is 1. The molecule has 120 valence electrons. The first-order valence-electron chi connectivity index (χ1n) is 7.67. The Morgan fingerprint density at radius 3 is 2.48 bits per heavy atom. The summed E-state index contributed by atoms with van der Waals surface area (Å²) in [5, 5.41) is 0. The molecule has 0 aliphatic carbocycles. The lowest BCUT2D eigenvalue weighted by molar-refractivity contribution is -0.128. The van der Waals surface area contributed by atoms with Crippen LogP contribution in [-0.4, -0.2) is 52.8 Å². The fourth-order valence-electron chi connectivity index (χ4n) is 2.74. The van der Waals surface area contributed by atoms with E-state index in [1.807, 2.05) is 43.3 Å². The molecule has 1 amide bonds. The highest BCUT2D eigenvalue weighted by atomic mass is 35.5. The summed E-state index contributed by atoms with van der Waals surface area (Å²) in [6.45, 7) is 4.77. The Kier molecular flexibility index (Phi) is 4.76. The minimum Gasteiger partial charge on any atom is -0.353 e. The van der Waals surface area contributed by atoms with Crippen molar-refractivity contribution in [3.63, 3.8) is 0 Å². The van der Waals surface area contributed by atoms with E-state index in [1.54, 1.807) is 4.90 Å². The van der Waals surface area contributed by atoms with Crippen LogP contribution >= 0.6 is 11.6 Å². The molecule has 1 aromatic heterocycles. The van der Waals surface area contributed by atoms with Crippen molar-refractivity contribution in [2.45, 2.75) is 6.92 Å². The largest absolute Gasteiger partial charge is 0.353 e. The number of rotatable bonds is 3. The van der Waals surface area contributed by atoms with Crippen molar-refractivity contribution in [2.75, 3.05) is 37.0 Å². The van der Waals surface area contributed by atoms with Gasteiger partial charge in [-0.3, -0.25) is 4.79 Å². The molecule has 0 saturated carbocycles. The topological polar surface area (TPSA) is 49.3 Å². The first-order chi connectivity index (χ1) is 11.2. The Balaban J connectivity index is 1.79. The van der Waals surface area contributed by atoms with Crippen molar-refractivity contribution in [3.05, 3.63) is 42.2 Å². The molecule has 1 aromatic carbocycles. The van der Waals surface area contributed by atoms with Gasteiger partial charge in [0.2, 0.25) is 5.91 Å². The third-order valence-corrected chi connectivity index (χ3v) is 4.19. The number of alkyl halides is 1. The molecule has 0 atom stereocenters. The molecule has 0 radical (unpaired) electrons. The summed E-state index contributed by atoms with van der Waals surface area (Å²) in [5.41, 5.74) is 2.00. The van der Waals surface area contributed by atoms with E-state index in [0.29, 0.717) is 13.1 Å². The average molecular weight is 331 g/mol. The van der Waals surface area contributed by atoms with Gasteiger partial charge in [-0.05, 0) is 6.92 Å². The number of aromatic nitrogens is 2. The highest BCUT2D eigenvalue weighted by Crippen LogP contribution is 2.22. The van der Waals surface area contributed by atoms with E-state index >= 15 is 0 Å². The summed E-state index contributed by atoms with van der Waals surface area (Å²) >= 11 is 5.62. The molecule has 0 spiro atoms. The summed E-state index contributed by atoms with van der Waals surface area (Å²) in [6, 6.07) is 12.1. The van der Waals surface area contributed by atoms with Crippen molar-refractivity contribution in [2.24, 2.45) is 0 Å². The molecule has 5 nitrogen and oxygen atoms in total. The molecule has 1 aliphatic heterocycles. The van der Waals surface area contributed by atoms with Crippen molar-refractivity contribution in [1.82, 2.24) is 14.9 Å². The van der Waals surface area contributed by atoms with Gasteiger partial charge in [-0.1, -0.05) is 30.3 Å². The molecule has 6 heteroatoms. The Morgan fingerprint density at radius 1 is 1.13 bits per heavy atom. The van der Waals surface area contributed by atoms with Crippen LogP contribution in [-0.2, 0) is 4.79 Å². The number of halogens is 1. The highest BCUT2D eigenvalue weighted by Gasteiger charge is 2.21. The monoisotopic (exact) mass is 330 g/mol. The molecule has 0 unspecified atom stereocenters. The van der Waals surface area contributed by atoms with E-state index in [4.69, 9.17) is 11.6 Å². The van der Waals surface area contributed by atoms with Crippen LogP contribution in [0.4, 0.5) is 5.82 Å². The lowest BCUT2D eigenvalue weighted by atomic mass is 10.1. The molecule has 23 heavy (non-hydrogen) atoms. The van der Waals surface area contributed by atoms with E-state index in [-0.39, 0.29) is 11.8 Å². The highest BCUT2D eigenvalue weighted by molar-refractivity contribution is 6.27. The van der Waals surface area contributed by atoms with Gasteiger partial charge in [0, 0.05) is 37.8 Å². The molecule has 0 bridgehead atoms. The van der Waals surface area contributed by atoms with Crippen LogP contribution in [0.3, 0.4) is 0 Å². The van der Waals surface area contributed by atoms with Gasteiger partial charge < -0.3 is 9.80 Å². The fourth-order valence-corrected chi connectivity index (χ4v) is 2.91. The van der Waals surface area contributed by atoms with Gasteiger partial charge in [-0.2, -0.15) is 0 Å². The second-order valence-corrected chi connectivity index (χ2v) is 5.79. The van der Waals surface area contributed by atoms with Crippen LogP contribution in [0, 0.1) is 6.92 Å². The van der Waals surface area contributed by atoms with Gasteiger partial charge in [0.25, 0.3) is 0 Å². The molecule has 1 fully saturated rings. The standard InChI is InChI=1S/C17H19ClN4O/c1-13-19-15(14-5-3-2-4-6-14)11-16(20-13)21-7-9-22(10-8-21)17(23)12-18/h2-6,11H,7-10,12H2,1H3. The molecule has 3 rings (SSSR count). The molecule has 2 aromatic rings. The fraction of sp³-hybridized carbons (Fsp3) is 0.353. The van der Waals surface area contributed by atoms with E-state index in [9.17, 15) is 4.79 Å². The molecule has 1 aliphatic rings. The Labute approximate surface area is 140 Å². The number of carbonyl (C=O) groups excluding carboxylic acids is 1. The lowest BCUT2D eigenvalue weighted by Crippen LogP contribution is -2.49. The van der Waals surface area contributed by atoms with Crippen LogP contribution in [0.1, 0.15) is 5.82 Å². The Hall–Kier alpha value is -2.14. The minimum atomic E-state index is -0.00448. The number of anilines is 1. The van der Waals surface area contributed by atoms with Crippen molar-refractivity contribution in [1.29, 1.82) is 0 Å². The second-order valence-electron chi connectivity index (χ2n) is 5.53. The SMILES string of the molecule is Cc1nc(-c2ccccc2)cc(N2CCN(C(=O)CCl)CC2)n1. The van der Waals surface area contributed by atoms with E-state index < -0.39 is 0 Å². The number of nitrogens with zero attached hydrogens (tertiary/aromatic N) is 4. The lowest BCUT2D eigenvalue weighted by Gasteiger charge is -2.35. The van der Waals surface area contributed by atoms with Crippen LogP contribution in [0.15, 0.2) is 36.4 Å². The van der Waals surface area contributed by atoms with Gasteiger partial charge in [-0.15, -0.1) is 11.6 Å². The summed E-state index contributed by atoms with van der Waals surface area (Å²) in [6.07, 6.45) is 0. The number of carbonyl (C=O) groups is 1. The quantitative estimate of drug-likeness (QED) is 0.811. The number of benzene rings is 1. The van der Waals surface area contributed by atoms with Crippen LogP contribution in [0.5, 0.6) is 0 Å². The zero-order valence-corrected chi connectivity index (χ0v) is 13.8. The van der Waals surface area contributed by atoms with Gasteiger partial charge in [-0.25, -0.2) is 9.97 Å². The maximum atomic E-state index is 11.7. The first kappa shape index (κ1) is 15.7. The first-order valence-corrected chi connectivity index (χ1v) is 8.20. The molecule has 1 saturated heterocycles. The van der Waals surface area contributed by atoms with Gasteiger partial charge in [0.15, 0.2) is 0 Å². The van der Waals surface area contributed by atoms with Crippen molar-refractivity contribution >= 4 is 23.3 Å². The predicted octanol–water partition coefficient (Wildman–Crippen LogP) is 2.34. The predicted molar refractivity (Wildman–Crippen MR) is 91.7 cm³/mol. The zero-order chi connectivity index (χ0) is 16.2. The maximum absolute atomic E-state index is 11.7. The summed E-state index contributed by atoms with van der Waals surface area (Å²) in [4.78, 5) is 24.7. The number of hydrogen-bond acceptors (Lipinski definition) is 4. The normalized spacial score (nSPS) is 14.9. The summed E-state index contributed by atoms with van der Waals surface area (Å²) < 4.78 is 0. The van der Waals surface area contributed by atoms with Crippen LogP contribution in [0.25, 0.3) is 11.3 Å². The van der Waals surface area contributed by atoms with Gasteiger partial charge in [0.1, 0.15) is 17.5 Å². The summed E-state index contributed by atoms with van der Waals surface area (Å²) in [7, 11) is 0. The van der Waals surface area contributed by atoms with E-state index in [2.05, 4.69) is 14.9 Å². The molecule has 0 N–H and O–H groups in total. The maximum Gasteiger partial charge on any atom is 0.237 e. The third kappa shape index (κ3) is 3.62.